The molecule has 0 spiro atoms. The van der Waals surface area contributed by atoms with Gasteiger partial charge in [0, 0.05) is 16.0 Å². The van der Waals surface area contributed by atoms with E-state index in [-0.39, 0.29) is 0 Å². The summed E-state index contributed by atoms with van der Waals surface area (Å²) >= 11 is 9.60. The molecule has 1 atom stereocenters. The molecule has 0 saturated heterocycles. The van der Waals surface area contributed by atoms with E-state index in [1.165, 1.54) is 5.56 Å². The second kappa shape index (κ2) is 12.2. The Morgan fingerprint density at radius 3 is 2.72 bits per heavy atom. The first-order valence-electron chi connectivity index (χ1n) is 9.80. The Kier molecular flexibility index (Phi) is 9.95. The average molecular weight is 478 g/mol. The van der Waals surface area contributed by atoms with Crippen LogP contribution in [0.25, 0.3) is 12.2 Å². The quantitative estimate of drug-likeness (QED) is 0.307. The van der Waals surface area contributed by atoms with Crippen LogP contribution in [0.15, 0.2) is 53.5 Å². The number of nitrogens with two attached hydrogens (primary N) is 1. The third-order valence-electron chi connectivity index (χ3n) is 4.63. The van der Waals surface area contributed by atoms with Crippen molar-refractivity contribution in [3.05, 3.63) is 75.2 Å². The number of hydrogen-bond donors (Lipinski definition) is 1. The largest absolute Gasteiger partial charge is 0.490 e. The van der Waals surface area contributed by atoms with Gasteiger partial charge < -0.3 is 15.4 Å². The Balaban J connectivity index is 2.18. The Bertz CT molecular complexity index is 838. The summed E-state index contributed by atoms with van der Waals surface area (Å²) in [7, 11) is 2.14. The SMILES string of the molecule is C=CCOc1cc(/C=C/c2ccc(Cl)cc2Br)cc(CN(C)CCC(C)CN)c1. The van der Waals surface area contributed by atoms with Crippen molar-refractivity contribution in [2.24, 2.45) is 11.7 Å². The molecule has 29 heavy (non-hydrogen) atoms. The van der Waals surface area contributed by atoms with Crippen molar-refractivity contribution in [2.45, 2.75) is 19.9 Å². The summed E-state index contributed by atoms with van der Waals surface area (Å²) in [5, 5.41) is 0.711. The Hall–Kier alpha value is -1.59. The highest BCUT2D eigenvalue weighted by atomic mass is 79.9. The summed E-state index contributed by atoms with van der Waals surface area (Å²) in [5.74, 6) is 1.39. The van der Waals surface area contributed by atoms with Crippen LogP contribution in [0.5, 0.6) is 5.75 Å². The lowest BCUT2D eigenvalue weighted by Gasteiger charge is -2.19. The third-order valence-corrected chi connectivity index (χ3v) is 5.55. The van der Waals surface area contributed by atoms with Gasteiger partial charge in [-0.2, -0.15) is 0 Å². The van der Waals surface area contributed by atoms with E-state index in [9.17, 15) is 0 Å². The summed E-state index contributed by atoms with van der Waals surface area (Å²) in [6.07, 6.45) is 7.02. The first-order chi connectivity index (χ1) is 13.9. The fourth-order valence-electron chi connectivity index (χ4n) is 2.88. The van der Waals surface area contributed by atoms with Crippen molar-refractivity contribution < 1.29 is 4.74 Å². The van der Waals surface area contributed by atoms with E-state index in [1.54, 1.807) is 6.08 Å². The number of rotatable bonds is 11. The van der Waals surface area contributed by atoms with Crippen molar-refractivity contribution in [3.8, 4) is 5.75 Å². The van der Waals surface area contributed by atoms with E-state index in [0.29, 0.717) is 17.5 Å². The van der Waals surface area contributed by atoms with Crippen molar-refractivity contribution in [1.82, 2.24) is 4.90 Å². The molecule has 0 aromatic heterocycles. The lowest BCUT2D eigenvalue weighted by Crippen LogP contribution is -2.23. The van der Waals surface area contributed by atoms with E-state index < -0.39 is 0 Å². The van der Waals surface area contributed by atoms with Gasteiger partial charge in [0.05, 0.1) is 0 Å². The molecule has 0 aliphatic rings. The molecule has 156 valence electrons. The zero-order chi connectivity index (χ0) is 21.2. The monoisotopic (exact) mass is 476 g/mol. The van der Waals surface area contributed by atoms with E-state index in [1.807, 2.05) is 24.3 Å². The summed E-state index contributed by atoms with van der Waals surface area (Å²) < 4.78 is 6.78. The molecule has 0 heterocycles. The molecule has 0 saturated carbocycles. The standard InChI is InChI=1S/C24H30BrClN2O/c1-4-11-29-23-13-19(5-6-21-7-8-22(26)15-24(21)25)12-20(14-23)17-28(3)10-9-18(2)16-27/h4-8,12-15,18H,1,9-11,16-17,27H2,2-3H3/b6-5+. The summed E-state index contributed by atoms with van der Waals surface area (Å²) in [4.78, 5) is 2.32. The van der Waals surface area contributed by atoms with Crippen molar-refractivity contribution in [1.29, 1.82) is 0 Å². The molecule has 2 aromatic rings. The van der Waals surface area contributed by atoms with Gasteiger partial charge in [-0.15, -0.1) is 0 Å². The fourth-order valence-corrected chi connectivity index (χ4v) is 3.70. The van der Waals surface area contributed by atoms with Crippen LogP contribution >= 0.6 is 27.5 Å². The van der Waals surface area contributed by atoms with Crippen LogP contribution in [-0.2, 0) is 6.54 Å². The van der Waals surface area contributed by atoms with Gasteiger partial charge in [0.25, 0.3) is 0 Å². The number of hydrogen-bond acceptors (Lipinski definition) is 3. The van der Waals surface area contributed by atoms with Crippen LogP contribution in [0.1, 0.15) is 30.0 Å². The molecule has 2 aromatic carbocycles. The maximum Gasteiger partial charge on any atom is 0.120 e. The van der Waals surface area contributed by atoms with Gasteiger partial charge in [-0.1, -0.05) is 71.4 Å². The zero-order valence-corrected chi connectivity index (χ0v) is 19.5. The highest BCUT2D eigenvalue weighted by molar-refractivity contribution is 9.10. The highest BCUT2D eigenvalue weighted by Gasteiger charge is 2.07. The normalized spacial score (nSPS) is 12.5. The Morgan fingerprint density at radius 1 is 1.24 bits per heavy atom. The van der Waals surface area contributed by atoms with Gasteiger partial charge in [0.1, 0.15) is 12.4 Å². The zero-order valence-electron chi connectivity index (χ0n) is 17.2. The minimum absolute atomic E-state index is 0.485. The molecule has 0 aliphatic heterocycles. The van der Waals surface area contributed by atoms with Gasteiger partial charge in [-0.3, -0.25) is 0 Å². The minimum atomic E-state index is 0.485. The summed E-state index contributed by atoms with van der Waals surface area (Å²) in [5.41, 5.74) is 9.11. The van der Waals surface area contributed by atoms with E-state index in [4.69, 9.17) is 22.1 Å². The molecule has 3 nitrogen and oxygen atoms in total. The maximum absolute atomic E-state index is 6.04. The molecule has 1 unspecified atom stereocenters. The van der Waals surface area contributed by atoms with Crippen molar-refractivity contribution >= 4 is 39.7 Å². The molecule has 0 radical (unpaired) electrons. The third kappa shape index (κ3) is 8.35. The van der Waals surface area contributed by atoms with Gasteiger partial charge in [0.15, 0.2) is 0 Å². The Labute approximate surface area is 188 Å². The second-order valence-electron chi connectivity index (χ2n) is 7.38. The highest BCUT2D eigenvalue weighted by Crippen LogP contribution is 2.25. The molecule has 0 fully saturated rings. The van der Waals surface area contributed by atoms with E-state index in [0.717, 1.165) is 47.4 Å². The first kappa shape index (κ1) is 23.7. The average Bonchev–Trinajstić information content (AvgIpc) is 2.69. The predicted octanol–water partition coefficient (Wildman–Crippen LogP) is 6.25. The number of benzene rings is 2. The van der Waals surface area contributed by atoms with Gasteiger partial charge >= 0.3 is 0 Å². The molecule has 5 heteroatoms. The molecule has 2 rings (SSSR count). The second-order valence-corrected chi connectivity index (χ2v) is 8.67. The van der Waals surface area contributed by atoms with Crippen LogP contribution in [0.2, 0.25) is 5.02 Å². The van der Waals surface area contributed by atoms with E-state index >= 15 is 0 Å². The molecule has 0 amide bonds. The molecule has 2 N–H and O–H groups in total. The van der Waals surface area contributed by atoms with Crippen LogP contribution in [0.4, 0.5) is 0 Å². The summed E-state index contributed by atoms with van der Waals surface area (Å²) in [6.45, 7) is 9.01. The van der Waals surface area contributed by atoms with Crippen molar-refractivity contribution in [3.63, 3.8) is 0 Å². The number of ether oxygens (including phenoxy) is 1. The van der Waals surface area contributed by atoms with Gasteiger partial charge in [-0.05, 0) is 73.4 Å². The van der Waals surface area contributed by atoms with Crippen LogP contribution in [0.3, 0.4) is 0 Å². The lowest BCUT2D eigenvalue weighted by atomic mass is 10.1. The number of nitrogens with zero attached hydrogens (tertiary/aromatic N) is 1. The van der Waals surface area contributed by atoms with Crippen LogP contribution in [0, 0.1) is 5.92 Å². The molecule has 0 aliphatic carbocycles. The van der Waals surface area contributed by atoms with E-state index in [2.05, 4.69) is 65.7 Å². The predicted molar refractivity (Wildman–Crippen MR) is 129 cm³/mol. The smallest absolute Gasteiger partial charge is 0.120 e. The Morgan fingerprint density at radius 2 is 2.03 bits per heavy atom. The maximum atomic E-state index is 6.04. The number of halogens is 2. The van der Waals surface area contributed by atoms with Gasteiger partial charge in [-0.25, -0.2) is 0 Å². The molecule has 0 bridgehead atoms. The lowest BCUT2D eigenvalue weighted by molar-refractivity contribution is 0.299. The minimum Gasteiger partial charge on any atom is -0.490 e. The van der Waals surface area contributed by atoms with Crippen LogP contribution < -0.4 is 10.5 Å². The van der Waals surface area contributed by atoms with Crippen molar-refractivity contribution in [2.75, 3.05) is 26.7 Å². The van der Waals surface area contributed by atoms with Gasteiger partial charge in [0.2, 0.25) is 0 Å². The van der Waals surface area contributed by atoms with Crippen LogP contribution in [-0.4, -0.2) is 31.6 Å². The molecular formula is C24H30BrClN2O. The first-order valence-corrected chi connectivity index (χ1v) is 11.0. The topological polar surface area (TPSA) is 38.5 Å². The summed E-state index contributed by atoms with van der Waals surface area (Å²) in [6, 6.07) is 12.1. The fraction of sp³-hybridized carbons (Fsp3) is 0.333. The molecular weight excluding hydrogens is 448 g/mol.